The molecule has 1 aliphatic heterocycles. The van der Waals surface area contributed by atoms with E-state index in [4.69, 9.17) is 0 Å². The van der Waals surface area contributed by atoms with Crippen molar-refractivity contribution in [3.63, 3.8) is 0 Å². The molecular weight excluding hydrogens is 264 g/mol. The van der Waals surface area contributed by atoms with E-state index in [-0.39, 0.29) is 17.7 Å². The molecule has 0 radical (unpaired) electrons. The lowest BCUT2D eigenvalue weighted by atomic mass is 9.98. The largest absolute Gasteiger partial charge is 0.352 e. The number of amides is 2. The van der Waals surface area contributed by atoms with Crippen molar-refractivity contribution in [2.24, 2.45) is 5.92 Å². The first kappa shape index (κ1) is 13.6. The summed E-state index contributed by atoms with van der Waals surface area (Å²) in [6, 6.07) is 14.3. The van der Waals surface area contributed by atoms with Crippen LogP contribution in [0.3, 0.4) is 0 Å². The first-order chi connectivity index (χ1) is 10.1. The normalized spacial score (nSPS) is 14.8. The highest BCUT2D eigenvalue weighted by Crippen LogP contribution is 2.19. The molecule has 1 N–H and O–H groups in total. The van der Waals surface area contributed by atoms with E-state index in [9.17, 15) is 9.59 Å². The van der Waals surface area contributed by atoms with Crippen molar-refractivity contribution in [3.05, 3.63) is 48.0 Å². The second-order valence-electron chi connectivity index (χ2n) is 5.48. The molecule has 2 aromatic carbocycles. The third-order valence-electron chi connectivity index (χ3n) is 4.03. The molecule has 0 bridgehead atoms. The highest BCUT2D eigenvalue weighted by Gasteiger charge is 2.33. The van der Waals surface area contributed by atoms with Crippen LogP contribution in [0.4, 0.5) is 0 Å². The van der Waals surface area contributed by atoms with Crippen molar-refractivity contribution < 1.29 is 9.59 Å². The SMILES string of the molecule is CC(=O)N1CC(C(=O)NCc2cccc3ccccc23)C1. The van der Waals surface area contributed by atoms with Crippen molar-refractivity contribution in [2.45, 2.75) is 13.5 Å². The Balaban J connectivity index is 1.62. The standard InChI is InChI=1S/C17H18N2O2/c1-12(20)19-10-15(11-19)17(21)18-9-14-7-4-6-13-5-2-3-8-16(13)14/h2-8,15H,9-11H2,1H3,(H,18,21). The monoisotopic (exact) mass is 282 g/mol. The van der Waals surface area contributed by atoms with Gasteiger partial charge in [-0.15, -0.1) is 0 Å². The Morgan fingerprint density at radius 3 is 2.62 bits per heavy atom. The molecule has 1 aliphatic rings. The number of fused-ring (bicyclic) bond motifs is 1. The van der Waals surface area contributed by atoms with Crippen LogP contribution in [0, 0.1) is 5.92 Å². The Kier molecular flexibility index (Phi) is 3.60. The van der Waals surface area contributed by atoms with Gasteiger partial charge in [-0.3, -0.25) is 9.59 Å². The number of rotatable bonds is 3. The van der Waals surface area contributed by atoms with Crippen LogP contribution in [0.25, 0.3) is 10.8 Å². The summed E-state index contributed by atoms with van der Waals surface area (Å²) in [5, 5.41) is 5.32. The highest BCUT2D eigenvalue weighted by atomic mass is 16.2. The molecule has 4 heteroatoms. The second kappa shape index (κ2) is 5.56. The summed E-state index contributed by atoms with van der Waals surface area (Å²) in [5.74, 6) is -0.00239. The van der Waals surface area contributed by atoms with E-state index in [0.717, 1.165) is 5.56 Å². The number of likely N-dealkylation sites (tertiary alicyclic amines) is 1. The number of carbonyl (C=O) groups is 2. The van der Waals surface area contributed by atoms with Crippen LogP contribution >= 0.6 is 0 Å². The molecule has 21 heavy (non-hydrogen) atoms. The number of hydrogen-bond acceptors (Lipinski definition) is 2. The van der Waals surface area contributed by atoms with Gasteiger partial charge in [0, 0.05) is 26.6 Å². The van der Waals surface area contributed by atoms with E-state index >= 15 is 0 Å². The highest BCUT2D eigenvalue weighted by molar-refractivity contribution is 5.87. The average molecular weight is 282 g/mol. The van der Waals surface area contributed by atoms with E-state index in [2.05, 4.69) is 23.5 Å². The molecule has 1 saturated heterocycles. The predicted octanol–water partition coefficient (Wildman–Crippen LogP) is 1.93. The number of nitrogens with one attached hydrogen (secondary N) is 1. The Morgan fingerprint density at radius 1 is 1.14 bits per heavy atom. The summed E-state index contributed by atoms with van der Waals surface area (Å²) in [6.45, 7) is 3.13. The molecule has 4 nitrogen and oxygen atoms in total. The van der Waals surface area contributed by atoms with Gasteiger partial charge in [0.1, 0.15) is 0 Å². The van der Waals surface area contributed by atoms with Gasteiger partial charge in [-0.2, -0.15) is 0 Å². The topological polar surface area (TPSA) is 49.4 Å². The zero-order valence-corrected chi connectivity index (χ0v) is 12.0. The summed E-state index contributed by atoms with van der Waals surface area (Å²) in [5.41, 5.74) is 1.11. The van der Waals surface area contributed by atoms with Gasteiger partial charge < -0.3 is 10.2 Å². The Hall–Kier alpha value is -2.36. The van der Waals surface area contributed by atoms with Gasteiger partial charge in [-0.05, 0) is 16.3 Å². The third kappa shape index (κ3) is 2.75. The molecule has 1 heterocycles. The fourth-order valence-corrected chi connectivity index (χ4v) is 2.67. The minimum absolute atomic E-state index is 0.0282. The van der Waals surface area contributed by atoms with Crippen molar-refractivity contribution in [1.29, 1.82) is 0 Å². The maximum Gasteiger partial charge on any atom is 0.226 e. The maximum absolute atomic E-state index is 12.1. The van der Waals surface area contributed by atoms with E-state index in [1.807, 2.05) is 24.3 Å². The van der Waals surface area contributed by atoms with Crippen LogP contribution < -0.4 is 5.32 Å². The van der Waals surface area contributed by atoms with Gasteiger partial charge in [0.15, 0.2) is 0 Å². The van der Waals surface area contributed by atoms with Crippen LogP contribution in [-0.4, -0.2) is 29.8 Å². The van der Waals surface area contributed by atoms with E-state index in [1.165, 1.54) is 17.7 Å². The molecule has 0 aromatic heterocycles. The van der Waals surface area contributed by atoms with Gasteiger partial charge in [-0.1, -0.05) is 42.5 Å². The lowest BCUT2D eigenvalue weighted by molar-refractivity contribution is -0.141. The van der Waals surface area contributed by atoms with Gasteiger partial charge >= 0.3 is 0 Å². The number of nitrogens with zero attached hydrogens (tertiary/aromatic N) is 1. The molecule has 0 spiro atoms. The summed E-state index contributed by atoms with van der Waals surface area (Å²) in [6.07, 6.45) is 0. The molecule has 2 amide bonds. The van der Waals surface area contributed by atoms with Crippen LogP contribution in [0.5, 0.6) is 0 Å². The lowest BCUT2D eigenvalue weighted by Crippen LogP contribution is -2.55. The van der Waals surface area contributed by atoms with E-state index in [1.54, 1.807) is 4.90 Å². The van der Waals surface area contributed by atoms with Crippen LogP contribution in [0.1, 0.15) is 12.5 Å². The summed E-state index contributed by atoms with van der Waals surface area (Å²) < 4.78 is 0. The molecular formula is C17H18N2O2. The molecule has 2 aromatic rings. The average Bonchev–Trinajstić information content (AvgIpc) is 2.43. The molecule has 1 fully saturated rings. The summed E-state index contributed by atoms with van der Waals surface area (Å²) in [4.78, 5) is 24.9. The summed E-state index contributed by atoms with van der Waals surface area (Å²) in [7, 11) is 0. The number of carbonyl (C=O) groups excluding carboxylic acids is 2. The van der Waals surface area contributed by atoms with Crippen LogP contribution in [0.2, 0.25) is 0 Å². The minimum Gasteiger partial charge on any atom is -0.352 e. The first-order valence-corrected chi connectivity index (χ1v) is 7.15. The van der Waals surface area contributed by atoms with Gasteiger partial charge in [0.25, 0.3) is 0 Å². The van der Waals surface area contributed by atoms with E-state index in [0.29, 0.717) is 19.6 Å². The zero-order valence-electron chi connectivity index (χ0n) is 12.0. The van der Waals surface area contributed by atoms with Crippen LogP contribution in [-0.2, 0) is 16.1 Å². The summed E-state index contributed by atoms with van der Waals surface area (Å²) >= 11 is 0. The molecule has 0 saturated carbocycles. The predicted molar refractivity (Wildman–Crippen MR) is 81.5 cm³/mol. The quantitative estimate of drug-likeness (QED) is 0.935. The fourth-order valence-electron chi connectivity index (χ4n) is 2.67. The number of hydrogen-bond donors (Lipinski definition) is 1. The van der Waals surface area contributed by atoms with Gasteiger partial charge in [0.05, 0.1) is 5.92 Å². The Labute approximate surface area is 123 Å². The van der Waals surface area contributed by atoms with Gasteiger partial charge in [-0.25, -0.2) is 0 Å². The number of benzene rings is 2. The fraction of sp³-hybridized carbons (Fsp3) is 0.294. The van der Waals surface area contributed by atoms with Crippen molar-refractivity contribution in [3.8, 4) is 0 Å². The van der Waals surface area contributed by atoms with Crippen LogP contribution in [0.15, 0.2) is 42.5 Å². The molecule has 3 rings (SSSR count). The minimum atomic E-state index is -0.0659. The second-order valence-corrected chi connectivity index (χ2v) is 5.48. The molecule has 0 unspecified atom stereocenters. The lowest BCUT2D eigenvalue weighted by Gasteiger charge is -2.37. The maximum atomic E-state index is 12.1. The zero-order chi connectivity index (χ0) is 14.8. The van der Waals surface area contributed by atoms with E-state index < -0.39 is 0 Å². The molecule has 108 valence electrons. The van der Waals surface area contributed by atoms with Crippen molar-refractivity contribution >= 4 is 22.6 Å². The molecule has 0 atom stereocenters. The smallest absolute Gasteiger partial charge is 0.226 e. The Bertz CT molecular complexity index is 685. The van der Waals surface area contributed by atoms with Crippen molar-refractivity contribution in [2.75, 3.05) is 13.1 Å². The van der Waals surface area contributed by atoms with Gasteiger partial charge in [0.2, 0.25) is 11.8 Å². The third-order valence-corrected chi connectivity index (χ3v) is 4.03. The molecule has 0 aliphatic carbocycles. The first-order valence-electron chi connectivity index (χ1n) is 7.15. The van der Waals surface area contributed by atoms with Crippen molar-refractivity contribution in [1.82, 2.24) is 10.2 Å². The Morgan fingerprint density at radius 2 is 1.86 bits per heavy atom.